The van der Waals surface area contributed by atoms with E-state index in [1.54, 1.807) is 13.3 Å². The van der Waals surface area contributed by atoms with Gasteiger partial charge < -0.3 is 10.5 Å². The topological polar surface area (TPSA) is 66.0 Å². The first-order valence-electron chi connectivity index (χ1n) is 7.32. The van der Waals surface area contributed by atoms with Crippen LogP contribution in [0.1, 0.15) is 57.7 Å². The van der Waals surface area contributed by atoms with E-state index < -0.39 is 0 Å². The lowest BCUT2D eigenvalue weighted by molar-refractivity contribution is -0.0734. The van der Waals surface area contributed by atoms with Crippen molar-refractivity contribution in [3.8, 4) is 0 Å². The van der Waals surface area contributed by atoms with Crippen molar-refractivity contribution in [3.63, 3.8) is 0 Å². The lowest BCUT2D eigenvalue weighted by Crippen LogP contribution is -2.47. The molecule has 1 heterocycles. The molecular formula is C14H26N4O. The Kier molecular flexibility index (Phi) is 4.58. The van der Waals surface area contributed by atoms with Crippen molar-refractivity contribution >= 4 is 0 Å². The van der Waals surface area contributed by atoms with Gasteiger partial charge in [0.2, 0.25) is 0 Å². The highest BCUT2D eigenvalue weighted by Gasteiger charge is 2.42. The number of hydrogen-bond acceptors (Lipinski definition) is 4. The van der Waals surface area contributed by atoms with Crippen LogP contribution < -0.4 is 5.73 Å². The van der Waals surface area contributed by atoms with Gasteiger partial charge in [0.15, 0.2) is 0 Å². The fraction of sp³-hybridized carbons (Fsp3) is 0.857. The minimum Gasteiger partial charge on any atom is -0.376 e. The predicted octanol–water partition coefficient (Wildman–Crippen LogP) is 2.28. The largest absolute Gasteiger partial charge is 0.376 e. The summed E-state index contributed by atoms with van der Waals surface area (Å²) in [5.41, 5.74) is 7.27. The number of aryl methyl sites for hydroxylation is 1. The highest BCUT2D eigenvalue weighted by molar-refractivity contribution is 5.11. The lowest BCUT2D eigenvalue weighted by Gasteiger charge is -2.42. The number of nitrogens with zero attached hydrogens (tertiary/aromatic N) is 3. The van der Waals surface area contributed by atoms with E-state index in [4.69, 9.17) is 10.5 Å². The molecule has 5 heteroatoms. The second-order valence-electron chi connectivity index (χ2n) is 5.83. The zero-order valence-corrected chi connectivity index (χ0v) is 12.3. The van der Waals surface area contributed by atoms with Crippen LogP contribution in [0, 0.1) is 5.92 Å². The fourth-order valence-corrected chi connectivity index (χ4v) is 3.30. The molecule has 0 aromatic carbocycles. The summed E-state index contributed by atoms with van der Waals surface area (Å²) < 4.78 is 7.80. The molecule has 0 radical (unpaired) electrons. The predicted molar refractivity (Wildman–Crippen MR) is 74.6 cm³/mol. The maximum Gasteiger partial charge on any atom is 0.0888 e. The molecule has 0 aliphatic heterocycles. The third-order valence-corrected chi connectivity index (χ3v) is 4.37. The van der Waals surface area contributed by atoms with Gasteiger partial charge in [0.1, 0.15) is 0 Å². The first kappa shape index (κ1) is 14.5. The number of nitrogens with two attached hydrogens (primary N) is 1. The Balaban J connectivity index is 2.24. The average molecular weight is 266 g/mol. The van der Waals surface area contributed by atoms with Crippen LogP contribution in [0.4, 0.5) is 0 Å². The van der Waals surface area contributed by atoms with Crippen molar-refractivity contribution in [3.05, 3.63) is 11.9 Å². The molecule has 1 aliphatic rings. The van der Waals surface area contributed by atoms with Crippen molar-refractivity contribution in [1.82, 2.24) is 15.0 Å². The quantitative estimate of drug-likeness (QED) is 0.888. The summed E-state index contributed by atoms with van der Waals surface area (Å²) in [6.07, 6.45) is 7.30. The minimum atomic E-state index is -0.259. The second-order valence-corrected chi connectivity index (χ2v) is 5.83. The Morgan fingerprint density at radius 3 is 3.05 bits per heavy atom. The van der Waals surface area contributed by atoms with E-state index in [0.717, 1.165) is 31.5 Å². The van der Waals surface area contributed by atoms with Gasteiger partial charge in [-0.1, -0.05) is 31.9 Å². The van der Waals surface area contributed by atoms with Gasteiger partial charge in [0, 0.05) is 13.7 Å². The molecule has 19 heavy (non-hydrogen) atoms. The molecule has 1 aromatic rings. The van der Waals surface area contributed by atoms with Crippen molar-refractivity contribution < 1.29 is 4.74 Å². The summed E-state index contributed by atoms with van der Waals surface area (Å²) >= 11 is 0. The Bertz CT molecular complexity index is 406. The monoisotopic (exact) mass is 266 g/mol. The van der Waals surface area contributed by atoms with Crippen LogP contribution >= 0.6 is 0 Å². The zero-order valence-electron chi connectivity index (χ0n) is 12.3. The highest BCUT2D eigenvalue weighted by atomic mass is 16.5. The van der Waals surface area contributed by atoms with Crippen molar-refractivity contribution in [2.45, 2.75) is 64.1 Å². The van der Waals surface area contributed by atoms with Crippen LogP contribution in [0.25, 0.3) is 0 Å². The van der Waals surface area contributed by atoms with E-state index in [0.29, 0.717) is 5.92 Å². The van der Waals surface area contributed by atoms with E-state index in [9.17, 15) is 0 Å². The third kappa shape index (κ3) is 2.82. The van der Waals surface area contributed by atoms with E-state index in [1.807, 2.05) is 4.68 Å². The van der Waals surface area contributed by atoms with E-state index >= 15 is 0 Å². The summed E-state index contributed by atoms with van der Waals surface area (Å²) in [4.78, 5) is 0. The van der Waals surface area contributed by atoms with Crippen LogP contribution in [-0.4, -0.2) is 27.7 Å². The molecule has 0 saturated heterocycles. The van der Waals surface area contributed by atoms with Gasteiger partial charge in [-0.3, -0.25) is 0 Å². The van der Waals surface area contributed by atoms with Gasteiger partial charge in [-0.2, -0.15) is 0 Å². The number of ether oxygens (including phenoxy) is 1. The molecule has 3 unspecified atom stereocenters. The summed E-state index contributed by atoms with van der Waals surface area (Å²) in [7, 11) is 1.78. The first-order chi connectivity index (χ1) is 9.13. The van der Waals surface area contributed by atoms with Gasteiger partial charge in [-0.15, -0.1) is 5.10 Å². The van der Waals surface area contributed by atoms with Gasteiger partial charge in [0.05, 0.1) is 23.5 Å². The van der Waals surface area contributed by atoms with E-state index in [-0.39, 0.29) is 11.6 Å². The molecule has 0 spiro atoms. The molecule has 5 nitrogen and oxygen atoms in total. The van der Waals surface area contributed by atoms with Crippen LogP contribution in [0.15, 0.2) is 6.20 Å². The molecule has 1 aromatic heterocycles. The molecule has 108 valence electrons. The maximum absolute atomic E-state index is 6.53. The number of methoxy groups -OCH3 is 1. The first-order valence-corrected chi connectivity index (χ1v) is 7.32. The van der Waals surface area contributed by atoms with Crippen molar-refractivity contribution in [2.75, 3.05) is 7.11 Å². The van der Waals surface area contributed by atoms with Gasteiger partial charge in [-0.25, -0.2) is 4.68 Å². The highest BCUT2D eigenvalue weighted by Crippen LogP contribution is 2.41. The molecule has 1 fully saturated rings. The number of hydrogen-bond donors (Lipinski definition) is 1. The molecule has 3 atom stereocenters. The molecule has 0 bridgehead atoms. The lowest BCUT2D eigenvalue weighted by atomic mass is 9.74. The van der Waals surface area contributed by atoms with E-state index in [2.05, 4.69) is 24.2 Å². The standard InChI is InChI=1S/C14H26N4O/c1-4-8-18-12(10-16-17-18)13(15)14(19-3)7-5-6-11(2)9-14/h10-11,13H,4-9,15H2,1-3H3. The molecular weight excluding hydrogens is 240 g/mol. The van der Waals surface area contributed by atoms with Crippen LogP contribution in [0.3, 0.4) is 0 Å². The van der Waals surface area contributed by atoms with Crippen LogP contribution in [0.2, 0.25) is 0 Å². The zero-order chi connectivity index (χ0) is 13.9. The maximum atomic E-state index is 6.53. The van der Waals surface area contributed by atoms with Gasteiger partial charge in [0.25, 0.3) is 0 Å². The minimum absolute atomic E-state index is 0.151. The Morgan fingerprint density at radius 1 is 1.63 bits per heavy atom. The van der Waals surface area contributed by atoms with Crippen molar-refractivity contribution in [2.24, 2.45) is 11.7 Å². The number of rotatable bonds is 5. The Hall–Kier alpha value is -0.940. The summed E-state index contributed by atoms with van der Waals surface area (Å²) in [5.74, 6) is 0.662. The molecule has 1 aliphatic carbocycles. The number of aromatic nitrogens is 3. The molecule has 2 rings (SSSR count). The average Bonchev–Trinajstić information content (AvgIpc) is 2.86. The molecule has 0 amide bonds. The van der Waals surface area contributed by atoms with Gasteiger partial charge >= 0.3 is 0 Å². The molecule has 1 saturated carbocycles. The summed E-state index contributed by atoms with van der Waals surface area (Å²) in [6, 6.07) is -0.151. The Labute approximate surface area is 115 Å². The smallest absolute Gasteiger partial charge is 0.0888 e. The van der Waals surface area contributed by atoms with Gasteiger partial charge in [-0.05, 0) is 25.2 Å². The normalized spacial score (nSPS) is 29.4. The van der Waals surface area contributed by atoms with Crippen LogP contribution in [0.5, 0.6) is 0 Å². The third-order valence-electron chi connectivity index (χ3n) is 4.37. The second kappa shape index (κ2) is 6.01. The molecule has 2 N–H and O–H groups in total. The summed E-state index contributed by atoms with van der Waals surface area (Å²) in [6.45, 7) is 5.27. The summed E-state index contributed by atoms with van der Waals surface area (Å²) in [5, 5.41) is 8.16. The Morgan fingerprint density at radius 2 is 2.42 bits per heavy atom. The SMILES string of the molecule is CCCn1nncc1C(N)C1(OC)CCCC(C)C1. The van der Waals surface area contributed by atoms with Crippen LogP contribution in [-0.2, 0) is 11.3 Å². The fourth-order valence-electron chi connectivity index (χ4n) is 3.30. The van der Waals surface area contributed by atoms with Crippen molar-refractivity contribution in [1.29, 1.82) is 0 Å². The van der Waals surface area contributed by atoms with E-state index in [1.165, 1.54) is 12.8 Å².